The van der Waals surface area contributed by atoms with E-state index in [0.717, 1.165) is 51.4 Å². The Morgan fingerprint density at radius 1 is 0.291 bits per heavy atom. The Morgan fingerprint density at radius 3 is 0.826 bits per heavy atom. The van der Waals surface area contributed by atoms with Crippen molar-refractivity contribution in [1.82, 2.24) is 0 Å². The lowest BCUT2D eigenvalue weighted by Gasteiger charge is -2.24. The molecule has 12 rings (SSSR count). The molecule has 0 radical (unpaired) electrons. The van der Waals surface area contributed by atoms with E-state index in [1.54, 1.807) is 0 Å². The van der Waals surface area contributed by atoms with Gasteiger partial charge in [-0.05, 0) is 132 Å². The predicted octanol–water partition coefficient (Wildman–Crippen LogP) is 18.6. The van der Waals surface area contributed by atoms with Gasteiger partial charge in [0.25, 0.3) is 0 Å². The van der Waals surface area contributed by atoms with Gasteiger partial charge in [-0.2, -0.15) is 0 Å². The van der Waals surface area contributed by atoms with Crippen molar-refractivity contribution in [3.63, 3.8) is 0 Å². The average molecular weight is 1150 g/mol. The van der Waals surface area contributed by atoms with Crippen molar-refractivity contribution in [2.45, 2.75) is 128 Å². The summed E-state index contributed by atoms with van der Waals surface area (Å²) < 4.78 is 23.2. The van der Waals surface area contributed by atoms with E-state index in [-0.39, 0.29) is 61.2 Å². The van der Waals surface area contributed by atoms with Crippen molar-refractivity contribution in [3.8, 4) is 44.5 Å². The lowest BCUT2D eigenvalue weighted by atomic mass is 9.82. The Hall–Kier alpha value is -8.36. The number of hydrogen-bond donors (Lipinski definition) is 0. The largest absolute Gasteiger partial charge is 0.465 e. The number of esters is 4. The predicted molar refractivity (Wildman–Crippen MR) is 346 cm³/mol. The highest BCUT2D eigenvalue weighted by molar-refractivity contribution is 5.82. The van der Waals surface area contributed by atoms with E-state index in [1.165, 1.54) is 89.0 Å². The molecule has 8 nitrogen and oxygen atoms in total. The van der Waals surface area contributed by atoms with Crippen LogP contribution in [0.15, 0.2) is 194 Å². The number of carbonyl (C=O) groups excluding carboxylic acids is 4. The molecule has 0 bridgehead atoms. The van der Waals surface area contributed by atoms with E-state index >= 15 is 0 Å². The molecular formula is C78H84O8. The van der Waals surface area contributed by atoms with Crippen molar-refractivity contribution in [2.75, 3.05) is 26.4 Å². The van der Waals surface area contributed by atoms with Crippen LogP contribution in [0.4, 0.5) is 0 Å². The van der Waals surface area contributed by atoms with E-state index in [0.29, 0.717) is 52.1 Å². The van der Waals surface area contributed by atoms with Gasteiger partial charge >= 0.3 is 23.9 Å². The summed E-state index contributed by atoms with van der Waals surface area (Å²) in [7, 11) is 0. The van der Waals surface area contributed by atoms with Crippen molar-refractivity contribution in [2.24, 2.45) is 10.8 Å². The molecule has 8 aromatic carbocycles. The number of ether oxygens (including phenoxy) is 4. The molecule has 0 spiro atoms. The van der Waals surface area contributed by atoms with Crippen LogP contribution in [-0.2, 0) is 38.1 Å². The van der Waals surface area contributed by atoms with Crippen molar-refractivity contribution < 1.29 is 41.0 Å². The van der Waals surface area contributed by atoms with Crippen LogP contribution in [-0.4, -0.2) is 50.3 Å². The zero-order chi connectivity index (χ0) is 59.6. The summed E-state index contributed by atoms with van der Waals surface area (Å²) in [6.45, 7) is 10.1. The maximum Gasteiger partial charge on any atom is 0.306 e. The minimum Gasteiger partial charge on any atom is -0.465 e. The Bertz CT molecular complexity index is 3550. The maximum atomic E-state index is 12.9. The van der Waals surface area contributed by atoms with Crippen LogP contribution in [0.2, 0.25) is 0 Å². The minimum atomic E-state index is -0.205. The van der Waals surface area contributed by atoms with Crippen LogP contribution in [0.5, 0.6) is 0 Å². The topological polar surface area (TPSA) is 105 Å². The molecule has 0 fully saturated rings. The highest BCUT2D eigenvalue weighted by atomic mass is 16.5. The van der Waals surface area contributed by atoms with E-state index in [4.69, 9.17) is 18.9 Å². The molecule has 8 heteroatoms. The van der Waals surface area contributed by atoms with Gasteiger partial charge in [-0.3, -0.25) is 19.2 Å². The molecule has 0 saturated carbocycles. The SMILES string of the molecule is CC(C)(CCCCC(=O)OCC1c2ccccc2-c2ccccc21)CC(=O)OCC1c2ccccc2-c2ccccc21.CC(C)(CCCCCC(=O)OCC1c2ccccc2-c2ccccc21)CCC(=O)OCC1c2ccccc2-c2ccccc21.[HH].[HH]. The van der Waals surface area contributed by atoms with Gasteiger partial charge in [-0.15, -0.1) is 0 Å². The molecule has 0 atom stereocenters. The van der Waals surface area contributed by atoms with Gasteiger partial charge in [0.05, 0.1) is 6.42 Å². The third-order valence-electron chi connectivity index (χ3n) is 18.3. The van der Waals surface area contributed by atoms with Gasteiger partial charge < -0.3 is 18.9 Å². The monoisotopic (exact) mass is 1150 g/mol. The summed E-state index contributed by atoms with van der Waals surface area (Å²) >= 11 is 0. The highest BCUT2D eigenvalue weighted by Crippen LogP contribution is 2.48. The summed E-state index contributed by atoms with van der Waals surface area (Å²) in [6.07, 6.45) is 8.65. The fourth-order valence-corrected chi connectivity index (χ4v) is 13.7. The van der Waals surface area contributed by atoms with Crippen LogP contribution in [0, 0.1) is 10.8 Å². The van der Waals surface area contributed by atoms with Gasteiger partial charge in [0, 0.05) is 45.8 Å². The molecule has 86 heavy (non-hydrogen) atoms. The van der Waals surface area contributed by atoms with Crippen LogP contribution >= 0.6 is 0 Å². The molecule has 0 N–H and O–H groups in total. The third kappa shape index (κ3) is 13.7. The summed E-state index contributed by atoms with van der Waals surface area (Å²) in [5, 5.41) is 0. The molecule has 0 aromatic heterocycles. The van der Waals surface area contributed by atoms with Crippen LogP contribution in [0.1, 0.15) is 176 Å². The molecule has 444 valence electrons. The first-order valence-electron chi connectivity index (χ1n) is 31.2. The lowest BCUT2D eigenvalue weighted by molar-refractivity contribution is -0.147. The molecule has 8 aromatic rings. The number of rotatable bonds is 24. The zero-order valence-corrected chi connectivity index (χ0v) is 50.4. The van der Waals surface area contributed by atoms with Crippen LogP contribution in [0.3, 0.4) is 0 Å². The molecule has 0 aliphatic heterocycles. The first kappa shape index (κ1) is 59.4. The third-order valence-corrected chi connectivity index (χ3v) is 18.3. The minimum absolute atomic E-state index is 0. The quantitative estimate of drug-likeness (QED) is 0.0335. The Kier molecular flexibility index (Phi) is 18.6. The second kappa shape index (κ2) is 26.9. The van der Waals surface area contributed by atoms with Crippen LogP contribution in [0.25, 0.3) is 44.5 Å². The van der Waals surface area contributed by atoms with Gasteiger partial charge in [0.1, 0.15) is 26.4 Å². The van der Waals surface area contributed by atoms with E-state index in [1.807, 2.05) is 24.3 Å². The Labute approximate surface area is 511 Å². The standard InChI is InChI=1S/C40H42O4.C38H38O4.2H2/c1-40(2,25-23-39(42)44-27-37-34-20-11-7-16-30(34)31-17-8-12-21-35(31)37)24-13-3-4-22-38(41)43-26-36-32-18-9-5-14-28(32)29-15-6-10-19-33(29)36;1-38(2,23-37(40)42-25-35-32-19-9-5-15-28(32)29-16-6-10-20-33(29)35)22-12-11-21-36(39)41-24-34-30-17-7-3-13-26(30)27-14-4-8-18-31(27)34;;/h5-12,14-21,36-37H,3-4,13,22-27H2,1-2H3;3-10,13-20,34-35H,11-12,21-25H2,1-2H3;2*1H. The number of carbonyl (C=O) groups is 4. The maximum absolute atomic E-state index is 12.9. The molecule has 0 unspecified atom stereocenters. The second-order valence-corrected chi connectivity index (χ2v) is 25.4. The van der Waals surface area contributed by atoms with E-state index in [9.17, 15) is 19.2 Å². The smallest absolute Gasteiger partial charge is 0.306 e. The van der Waals surface area contributed by atoms with E-state index in [2.05, 4.69) is 198 Å². The number of hydrogen-bond acceptors (Lipinski definition) is 8. The summed E-state index contributed by atoms with van der Waals surface area (Å²) in [4.78, 5) is 50.8. The van der Waals surface area contributed by atoms with Gasteiger partial charge in [-0.1, -0.05) is 241 Å². The first-order chi connectivity index (χ1) is 41.8. The Balaban J connectivity index is 0.000000205. The van der Waals surface area contributed by atoms with Gasteiger partial charge in [0.15, 0.2) is 0 Å². The molecule has 0 saturated heterocycles. The average Bonchev–Trinajstić information content (AvgIpc) is 1.98. The zero-order valence-electron chi connectivity index (χ0n) is 50.4. The molecule has 4 aliphatic rings. The normalized spacial score (nSPS) is 13.6. The molecule has 0 amide bonds. The Morgan fingerprint density at radius 2 is 0.523 bits per heavy atom. The fraction of sp³-hybridized carbons (Fsp3) is 0.333. The molecular weight excluding hydrogens is 1060 g/mol. The van der Waals surface area contributed by atoms with Crippen molar-refractivity contribution in [1.29, 1.82) is 0 Å². The highest BCUT2D eigenvalue weighted by Gasteiger charge is 2.34. The second-order valence-electron chi connectivity index (χ2n) is 25.4. The van der Waals surface area contributed by atoms with Crippen LogP contribution < -0.4 is 0 Å². The lowest BCUT2D eigenvalue weighted by Crippen LogP contribution is -2.21. The summed E-state index contributed by atoms with van der Waals surface area (Å²) in [5.74, 6) is -0.236. The fourth-order valence-electron chi connectivity index (χ4n) is 13.7. The first-order valence-corrected chi connectivity index (χ1v) is 31.2. The number of fused-ring (bicyclic) bond motifs is 12. The van der Waals surface area contributed by atoms with Gasteiger partial charge in [-0.25, -0.2) is 0 Å². The molecule has 4 aliphatic carbocycles. The summed E-state index contributed by atoms with van der Waals surface area (Å²) in [5.41, 5.74) is 19.5. The van der Waals surface area contributed by atoms with Gasteiger partial charge in [0.2, 0.25) is 0 Å². The molecule has 0 heterocycles. The number of benzene rings is 8. The summed E-state index contributed by atoms with van der Waals surface area (Å²) in [6, 6.07) is 67.1. The number of unbranched alkanes of at least 4 members (excludes halogenated alkanes) is 3. The van der Waals surface area contributed by atoms with Crippen molar-refractivity contribution in [3.05, 3.63) is 239 Å². The van der Waals surface area contributed by atoms with Crippen molar-refractivity contribution >= 4 is 23.9 Å². The van der Waals surface area contributed by atoms with E-state index < -0.39 is 0 Å².